The van der Waals surface area contributed by atoms with Crippen LogP contribution in [0.2, 0.25) is 0 Å². The van der Waals surface area contributed by atoms with Gasteiger partial charge in [0.15, 0.2) is 11.6 Å². The molecule has 0 bridgehead atoms. The molecular weight excluding hydrogens is 318 g/mol. The fourth-order valence-corrected chi connectivity index (χ4v) is 3.79. The summed E-state index contributed by atoms with van der Waals surface area (Å²) in [6.07, 6.45) is 14.0. The molecule has 1 nitrogen and oxygen atoms in total. The van der Waals surface area contributed by atoms with Gasteiger partial charge in [-0.3, -0.25) is 0 Å². The average Bonchev–Trinajstić information content (AvgIpc) is 2.61. The molecule has 0 amide bonds. The third-order valence-corrected chi connectivity index (χ3v) is 5.36. The summed E-state index contributed by atoms with van der Waals surface area (Å²) >= 11 is 0. The number of ether oxygens (including phenoxy) is 1. The molecule has 3 heteroatoms. The van der Waals surface area contributed by atoms with Crippen LogP contribution in [0.3, 0.4) is 0 Å². The number of benzene rings is 1. The van der Waals surface area contributed by atoms with Gasteiger partial charge in [0.1, 0.15) is 0 Å². The Labute approximate surface area is 151 Å². The van der Waals surface area contributed by atoms with Crippen LogP contribution < -0.4 is 4.74 Å². The van der Waals surface area contributed by atoms with Crippen molar-refractivity contribution in [2.24, 2.45) is 11.8 Å². The molecule has 1 aliphatic rings. The van der Waals surface area contributed by atoms with E-state index in [4.69, 9.17) is 4.74 Å². The number of hydrogen-bond donors (Lipinski definition) is 0. The van der Waals surface area contributed by atoms with Crippen LogP contribution in [0.25, 0.3) is 6.08 Å². The lowest BCUT2D eigenvalue weighted by molar-refractivity contribution is 0.290. The van der Waals surface area contributed by atoms with E-state index in [0.29, 0.717) is 23.7 Å². The first kappa shape index (κ1) is 19.9. The number of allylic oxidation sites excluding steroid dienone is 1. The highest BCUT2D eigenvalue weighted by atomic mass is 19.2. The van der Waals surface area contributed by atoms with Gasteiger partial charge >= 0.3 is 0 Å². The Morgan fingerprint density at radius 3 is 2.44 bits per heavy atom. The molecule has 1 aromatic carbocycles. The molecule has 1 saturated carbocycles. The van der Waals surface area contributed by atoms with Crippen LogP contribution in [0.4, 0.5) is 8.78 Å². The summed E-state index contributed by atoms with van der Waals surface area (Å²) in [4.78, 5) is 0. The maximum absolute atomic E-state index is 14.3. The molecule has 0 atom stereocenters. The van der Waals surface area contributed by atoms with Gasteiger partial charge in [0, 0.05) is 5.56 Å². The average molecular weight is 350 g/mol. The van der Waals surface area contributed by atoms with Crippen LogP contribution in [0, 0.1) is 30.4 Å². The minimum atomic E-state index is -0.883. The first-order chi connectivity index (χ1) is 12.1. The van der Waals surface area contributed by atoms with Crippen LogP contribution >= 0.6 is 0 Å². The topological polar surface area (TPSA) is 9.23 Å². The van der Waals surface area contributed by atoms with Crippen LogP contribution in [0.1, 0.15) is 76.3 Å². The van der Waals surface area contributed by atoms with E-state index in [1.54, 1.807) is 26.0 Å². The van der Waals surface area contributed by atoms with Crippen molar-refractivity contribution < 1.29 is 13.5 Å². The van der Waals surface area contributed by atoms with E-state index in [9.17, 15) is 8.78 Å². The number of unbranched alkanes of at least 4 members (excludes halogenated alkanes) is 2. The molecule has 0 aliphatic heterocycles. The number of halogens is 2. The molecule has 0 saturated heterocycles. The second-order valence-corrected chi connectivity index (χ2v) is 7.30. The summed E-state index contributed by atoms with van der Waals surface area (Å²) in [5, 5.41) is 0. The molecule has 25 heavy (non-hydrogen) atoms. The lowest BCUT2D eigenvalue weighted by atomic mass is 9.79. The zero-order chi connectivity index (χ0) is 18.2. The molecule has 0 spiro atoms. The molecule has 2 rings (SSSR count). The number of hydrogen-bond acceptors (Lipinski definition) is 1. The summed E-state index contributed by atoms with van der Waals surface area (Å²) in [5.74, 6) is -0.338. The summed E-state index contributed by atoms with van der Waals surface area (Å²) in [5.41, 5.74) is 1.07. The quantitative estimate of drug-likeness (QED) is 0.455. The van der Waals surface area contributed by atoms with E-state index < -0.39 is 11.6 Å². The molecule has 1 fully saturated rings. The van der Waals surface area contributed by atoms with E-state index in [1.165, 1.54) is 38.5 Å². The van der Waals surface area contributed by atoms with E-state index >= 15 is 0 Å². The predicted octanol–water partition coefficient (Wildman–Crippen LogP) is 7.07. The Hall–Kier alpha value is -1.38. The van der Waals surface area contributed by atoms with Gasteiger partial charge in [-0.25, -0.2) is 4.39 Å². The minimum Gasteiger partial charge on any atom is -0.491 e. The Bertz CT molecular complexity index is 572. The van der Waals surface area contributed by atoms with Crippen molar-refractivity contribution in [3.8, 4) is 5.75 Å². The zero-order valence-corrected chi connectivity index (χ0v) is 15.9. The summed E-state index contributed by atoms with van der Waals surface area (Å²) in [6, 6.07) is 1.59. The predicted molar refractivity (Wildman–Crippen MR) is 101 cm³/mol. The van der Waals surface area contributed by atoms with Crippen molar-refractivity contribution in [3.05, 3.63) is 34.9 Å². The van der Waals surface area contributed by atoms with Crippen molar-refractivity contribution in [2.45, 2.75) is 72.1 Å². The molecule has 0 radical (unpaired) electrons. The van der Waals surface area contributed by atoms with Crippen molar-refractivity contribution in [1.29, 1.82) is 0 Å². The van der Waals surface area contributed by atoms with Crippen LogP contribution in [-0.2, 0) is 0 Å². The van der Waals surface area contributed by atoms with Crippen molar-refractivity contribution >= 4 is 6.08 Å². The molecule has 0 heterocycles. The number of aryl methyl sites for hydroxylation is 1. The third-order valence-electron chi connectivity index (χ3n) is 5.36. The van der Waals surface area contributed by atoms with Crippen LogP contribution in [0.15, 0.2) is 12.1 Å². The van der Waals surface area contributed by atoms with E-state index in [2.05, 4.69) is 13.0 Å². The van der Waals surface area contributed by atoms with E-state index in [1.807, 2.05) is 0 Å². The van der Waals surface area contributed by atoms with Gasteiger partial charge in [0.05, 0.1) is 6.61 Å². The second kappa shape index (κ2) is 9.94. The lowest BCUT2D eigenvalue weighted by Gasteiger charge is -2.26. The minimum absolute atomic E-state index is 0.00207. The molecule has 0 N–H and O–H groups in total. The maximum Gasteiger partial charge on any atom is 0.201 e. The Kier molecular flexibility index (Phi) is 7.92. The Balaban J connectivity index is 1.95. The third kappa shape index (κ3) is 5.55. The van der Waals surface area contributed by atoms with Gasteiger partial charge in [0.2, 0.25) is 5.82 Å². The highest BCUT2D eigenvalue weighted by Crippen LogP contribution is 2.34. The molecule has 0 aromatic heterocycles. The lowest BCUT2D eigenvalue weighted by Crippen LogP contribution is -2.13. The maximum atomic E-state index is 14.3. The molecular formula is C22H32F2O. The summed E-state index contributed by atoms with van der Waals surface area (Å²) in [7, 11) is 0. The van der Waals surface area contributed by atoms with E-state index in [0.717, 1.165) is 18.8 Å². The first-order valence-corrected chi connectivity index (χ1v) is 9.86. The van der Waals surface area contributed by atoms with Gasteiger partial charge in [-0.1, -0.05) is 44.8 Å². The Morgan fingerprint density at radius 1 is 1.08 bits per heavy atom. The van der Waals surface area contributed by atoms with Gasteiger partial charge < -0.3 is 4.74 Å². The summed E-state index contributed by atoms with van der Waals surface area (Å²) < 4.78 is 33.5. The molecule has 0 unspecified atom stereocenters. The van der Waals surface area contributed by atoms with Crippen molar-refractivity contribution in [1.82, 2.24) is 0 Å². The fourth-order valence-electron chi connectivity index (χ4n) is 3.79. The first-order valence-electron chi connectivity index (χ1n) is 9.86. The smallest absolute Gasteiger partial charge is 0.201 e. The van der Waals surface area contributed by atoms with E-state index in [-0.39, 0.29) is 5.75 Å². The van der Waals surface area contributed by atoms with Crippen LogP contribution in [-0.4, -0.2) is 6.61 Å². The fraction of sp³-hybridized carbons (Fsp3) is 0.636. The second-order valence-electron chi connectivity index (χ2n) is 7.30. The SMILES string of the molecule is CCCCCC1CCC(/C=C/c2c(C)cc(OCC)c(F)c2F)CC1. The highest BCUT2D eigenvalue weighted by molar-refractivity contribution is 5.57. The molecule has 140 valence electrons. The van der Waals surface area contributed by atoms with Crippen LogP contribution in [0.5, 0.6) is 5.75 Å². The standard InChI is InChI=1S/C22H32F2O/c1-4-6-7-8-17-9-11-18(12-10-17)13-14-19-16(3)15-20(25-5-2)22(24)21(19)23/h13-15,17-18H,4-12H2,1-3H3/b14-13+. The summed E-state index contributed by atoms with van der Waals surface area (Å²) in [6.45, 7) is 6.13. The van der Waals surface area contributed by atoms with Gasteiger partial charge in [-0.15, -0.1) is 0 Å². The highest BCUT2D eigenvalue weighted by Gasteiger charge is 2.20. The largest absolute Gasteiger partial charge is 0.491 e. The van der Waals surface area contributed by atoms with Gasteiger partial charge in [-0.2, -0.15) is 4.39 Å². The normalized spacial score (nSPS) is 21.0. The number of rotatable bonds is 8. The zero-order valence-electron chi connectivity index (χ0n) is 15.9. The van der Waals surface area contributed by atoms with Crippen molar-refractivity contribution in [2.75, 3.05) is 6.61 Å². The van der Waals surface area contributed by atoms with Gasteiger partial charge in [0.25, 0.3) is 0 Å². The molecule has 1 aromatic rings. The van der Waals surface area contributed by atoms with Crippen molar-refractivity contribution in [3.63, 3.8) is 0 Å². The van der Waals surface area contributed by atoms with Gasteiger partial charge in [-0.05, 0) is 63.0 Å². The monoisotopic (exact) mass is 350 g/mol. The molecule has 1 aliphatic carbocycles. The Morgan fingerprint density at radius 2 is 1.80 bits per heavy atom.